The zero-order chi connectivity index (χ0) is 10.3. The molecule has 0 heteroatoms. The average molecular weight is 178 g/mol. The second-order valence-electron chi connectivity index (χ2n) is 3.54. The quantitative estimate of drug-likeness (QED) is 0.433. The van der Waals surface area contributed by atoms with Gasteiger partial charge in [-0.15, -0.1) is 0 Å². The Morgan fingerprint density at radius 1 is 1.31 bits per heavy atom. The van der Waals surface area contributed by atoms with Gasteiger partial charge < -0.3 is 0 Å². The summed E-state index contributed by atoms with van der Waals surface area (Å²) >= 11 is 0. The summed E-state index contributed by atoms with van der Waals surface area (Å²) in [6.07, 6.45) is 9.72. The minimum Gasteiger partial charge on any atom is -0.0988 e. The minimum atomic E-state index is 0.601. The van der Waals surface area contributed by atoms with Crippen LogP contribution in [0.15, 0.2) is 36.5 Å². The molecule has 0 spiro atoms. The Hall–Kier alpha value is -0.780. The highest BCUT2D eigenvalue weighted by Crippen LogP contribution is 2.17. The lowest BCUT2D eigenvalue weighted by Crippen LogP contribution is -2.02. The molecule has 0 bridgehead atoms. The molecule has 0 fully saturated rings. The van der Waals surface area contributed by atoms with E-state index in [0.717, 1.165) is 6.42 Å². The van der Waals surface area contributed by atoms with Gasteiger partial charge in [-0.2, -0.15) is 0 Å². The standard InChI is InChI=1S/C13H22/c1-6-9-11(4)12(5)10-13(7-2)8-3/h6-7,9-12H,2,8H2,1,3-5H3/b9-6?,13-10+/t11-,12?/m1/s1. The molecule has 0 aliphatic carbocycles. The van der Waals surface area contributed by atoms with E-state index in [1.807, 2.05) is 6.08 Å². The summed E-state index contributed by atoms with van der Waals surface area (Å²) in [6, 6.07) is 0. The Balaban J connectivity index is 4.32. The van der Waals surface area contributed by atoms with Crippen LogP contribution in [-0.2, 0) is 0 Å². The molecule has 2 atom stereocenters. The van der Waals surface area contributed by atoms with E-state index < -0.39 is 0 Å². The SMILES string of the molecule is C=C/C(=C\C(C)[C@H](C)C=CC)CC. The third-order valence-electron chi connectivity index (χ3n) is 2.47. The van der Waals surface area contributed by atoms with Crippen LogP contribution in [0.25, 0.3) is 0 Å². The minimum absolute atomic E-state index is 0.601. The lowest BCUT2D eigenvalue weighted by molar-refractivity contribution is 0.554. The van der Waals surface area contributed by atoms with E-state index in [4.69, 9.17) is 0 Å². The van der Waals surface area contributed by atoms with Crippen molar-refractivity contribution in [2.45, 2.75) is 34.1 Å². The molecule has 0 radical (unpaired) electrons. The Labute approximate surface area is 83.0 Å². The van der Waals surface area contributed by atoms with Crippen LogP contribution >= 0.6 is 0 Å². The number of hydrogen-bond acceptors (Lipinski definition) is 0. The van der Waals surface area contributed by atoms with Gasteiger partial charge in [-0.05, 0) is 25.2 Å². The fourth-order valence-corrected chi connectivity index (χ4v) is 1.30. The molecule has 0 aliphatic heterocycles. The van der Waals surface area contributed by atoms with Gasteiger partial charge in [0.1, 0.15) is 0 Å². The maximum atomic E-state index is 3.80. The van der Waals surface area contributed by atoms with Gasteiger partial charge in [0.2, 0.25) is 0 Å². The second-order valence-corrected chi connectivity index (χ2v) is 3.54. The van der Waals surface area contributed by atoms with E-state index >= 15 is 0 Å². The van der Waals surface area contributed by atoms with Crippen LogP contribution in [0, 0.1) is 11.8 Å². The van der Waals surface area contributed by atoms with Crippen molar-refractivity contribution < 1.29 is 0 Å². The van der Waals surface area contributed by atoms with Gasteiger partial charge in [0, 0.05) is 0 Å². The summed E-state index contributed by atoms with van der Waals surface area (Å²) in [4.78, 5) is 0. The highest BCUT2D eigenvalue weighted by Gasteiger charge is 2.05. The van der Waals surface area contributed by atoms with Crippen LogP contribution in [0.4, 0.5) is 0 Å². The van der Waals surface area contributed by atoms with Crippen molar-refractivity contribution in [3.63, 3.8) is 0 Å². The third kappa shape index (κ3) is 4.72. The fraction of sp³-hybridized carbons (Fsp3) is 0.538. The van der Waals surface area contributed by atoms with E-state index in [1.54, 1.807) is 0 Å². The smallest absolute Gasteiger partial charge is 0.0196 e. The summed E-state index contributed by atoms with van der Waals surface area (Å²) in [7, 11) is 0. The predicted octanol–water partition coefficient (Wildman–Crippen LogP) is 4.36. The average Bonchev–Trinajstić information content (AvgIpc) is 2.14. The van der Waals surface area contributed by atoms with Gasteiger partial charge in [0.05, 0.1) is 0 Å². The van der Waals surface area contributed by atoms with Gasteiger partial charge in [-0.25, -0.2) is 0 Å². The molecule has 0 saturated heterocycles. The zero-order valence-corrected chi connectivity index (χ0v) is 9.38. The van der Waals surface area contributed by atoms with Crippen molar-refractivity contribution >= 4 is 0 Å². The molecule has 1 unspecified atom stereocenters. The molecule has 0 aromatic rings. The first kappa shape index (κ1) is 12.2. The third-order valence-corrected chi connectivity index (χ3v) is 2.47. The van der Waals surface area contributed by atoms with E-state index in [-0.39, 0.29) is 0 Å². The molecule has 0 amide bonds. The zero-order valence-electron chi connectivity index (χ0n) is 9.38. The van der Waals surface area contributed by atoms with Crippen LogP contribution in [-0.4, -0.2) is 0 Å². The maximum Gasteiger partial charge on any atom is -0.0196 e. The summed E-state index contributed by atoms with van der Waals surface area (Å²) in [5.41, 5.74) is 1.35. The summed E-state index contributed by atoms with van der Waals surface area (Å²) in [6.45, 7) is 12.5. The molecule has 0 aromatic carbocycles. The lowest BCUT2D eigenvalue weighted by Gasteiger charge is -2.13. The van der Waals surface area contributed by atoms with E-state index in [0.29, 0.717) is 11.8 Å². The Morgan fingerprint density at radius 3 is 2.31 bits per heavy atom. The first-order chi connectivity index (χ1) is 6.15. The molecule has 0 heterocycles. The van der Waals surface area contributed by atoms with Gasteiger partial charge in [0.25, 0.3) is 0 Å². The number of rotatable bonds is 5. The first-order valence-corrected chi connectivity index (χ1v) is 5.11. The highest BCUT2D eigenvalue weighted by atomic mass is 14.1. The highest BCUT2D eigenvalue weighted by molar-refractivity contribution is 5.17. The summed E-state index contributed by atoms with van der Waals surface area (Å²) < 4.78 is 0. The Morgan fingerprint density at radius 2 is 1.92 bits per heavy atom. The summed E-state index contributed by atoms with van der Waals surface area (Å²) in [5, 5.41) is 0. The molecule has 0 saturated carbocycles. The van der Waals surface area contributed by atoms with Crippen LogP contribution in [0.3, 0.4) is 0 Å². The van der Waals surface area contributed by atoms with Gasteiger partial charge in [0.15, 0.2) is 0 Å². The van der Waals surface area contributed by atoms with E-state index in [2.05, 4.69) is 52.5 Å². The molecule has 0 aromatic heterocycles. The van der Waals surface area contributed by atoms with Crippen molar-refractivity contribution in [1.29, 1.82) is 0 Å². The molecule has 0 rings (SSSR count). The second kappa shape index (κ2) is 6.71. The molecular formula is C13H22. The maximum absolute atomic E-state index is 3.80. The van der Waals surface area contributed by atoms with Crippen molar-refractivity contribution in [2.75, 3.05) is 0 Å². The Kier molecular flexibility index (Phi) is 6.30. The molecule has 13 heavy (non-hydrogen) atoms. The molecule has 0 aliphatic rings. The molecule has 74 valence electrons. The monoisotopic (exact) mass is 178 g/mol. The van der Waals surface area contributed by atoms with Crippen LogP contribution in [0.2, 0.25) is 0 Å². The van der Waals surface area contributed by atoms with Gasteiger partial charge >= 0.3 is 0 Å². The van der Waals surface area contributed by atoms with Crippen molar-refractivity contribution in [3.8, 4) is 0 Å². The van der Waals surface area contributed by atoms with E-state index in [1.165, 1.54) is 5.57 Å². The lowest BCUT2D eigenvalue weighted by atomic mass is 9.93. The fourth-order valence-electron chi connectivity index (χ4n) is 1.30. The van der Waals surface area contributed by atoms with E-state index in [9.17, 15) is 0 Å². The van der Waals surface area contributed by atoms with Crippen LogP contribution < -0.4 is 0 Å². The van der Waals surface area contributed by atoms with Gasteiger partial charge in [-0.1, -0.05) is 57.2 Å². The normalized spacial score (nSPS) is 17.4. The largest absolute Gasteiger partial charge is 0.0988 e. The van der Waals surface area contributed by atoms with Crippen LogP contribution in [0.5, 0.6) is 0 Å². The van der Waals surface area contributed by atoms with Crippen molar-refractivity contribution in [3.05, 3.63) is 36.5 Å². The molecule has 0 N–H and O–H groups in total. The van der Waals surface area contributed by atoms with Gasteiger partial charge in [-0.3, -0.25) is 0 Å². The number of hydrogen-bond donors (Lipinski definition) is 0. The molecule has 0 nitrogen and oxygen atoms in total. The Bertz CT molecular complexity index is 196. The predicted molar refractivity (Wildman–Crippen MR) is 61.7 cm³/mol. The summed E-state index contributed by atoms with van der Waals surface area (Å²) in [5.74, 6) is 1.22. The number of allylic oxidation sites excluding steroid dienone is 5. The van der Waals surface area contributed by atoms with Crippen molar-refractivity contribution in [1.82, 2.24) is 0 Å². The first-order valence-electron chi connectivity index (χ1n) is 5.11. The van der Waals surface area contributed by atoms with Crippen molar-refractivity contribution in [2.24, 2.45) is 11.8 Å². The topological polar surface area (TPSA) is 0 Å². The molecular weight excluding hydrogens is 156 g/mol. The van der Waals surface area contributed by atoms with Crippen LogP contribution in [0.1, 0.15) is 34.1 Å².